The van der Waals surface area contributed by atoms with Crippen molar-refractivity contribution in [3.63, 3.8) is 0 Å². The van der Waals surface area contributed by atoms with Crippen LogP contribution in [0.25, 0.3) is 0 Å². The van der Waals surface area contributed by atoms with Crippen LogP contribution in [0, 0.1) is 17.8 Å². The van der Waals surface area contributed by atoms with E-state index in [1.807, 2.05) is 30.3 Å². The van der Waals surface area contributed by atoms with Crippen molar-refractivity contribution in [2.45, 2.75) is 97.5 Å². The van der Waals surface area contributed by atoms with E-state index in [1.165, 1.54) is 44.9 Å². The van der Waals surface area contributed by atoms with Gasteiger partial charge in [0, 0.05) is 0 Å². The summed E-state index contributed by atoms with van der Waals surface area (Å²) in [7, 11) is 0. The Labute approximate surface area is 190 Å². The highest BCUT2D eigenvalue weighted by atomic mass is 16.5. The van der Waals surface area contributed by atoms with Crippen LogP contribution in [0.5, 0.6) is 5.75 Å². The normalized spacial score (nSPS) is 21.1. The first-order valence-corrected chi connectivity index (χ1v) is 12.6. The number of carbonyl (C=O) groups is 1. The van der Waals surface area contributed by atoms with Crippen LogP contribution in [0.4, 0.5) is 0 Å². The molecule has 3 nitrogen and oxygen atoms in total. The second-order valence-electron chi connectivity index (χ2n) is 9.69. The van der Waals surface area contributed by atoms with Crippen LogP contribution in [0.2, 0.25) is 0 Å². The van der Waals surface area contributed by atoms with Crippen molar-refractivity contribution in [2.24, 2.45) is 17.8 Å². The fraction of sp³-hybridized carbons (Fsp3) is 0.679. The van der Waals surface area contributed by atoms with Crippen LogP contribution in [-0.2, 0) is 4.74 Å². The Morgan fingerprint density at radius 2 is 1.68 bits per heavy atom. The summed E-state index contributed by atoms with van der Waals surface area (Å²) in [6.45, 7) is 11.2. The molecule has 1 aromatic rings. The first-order valence-electron chi connectivity index (χ1n) is 12.6. The van der Waals surface area contributed by atoms with Gasteiger partial charge in [-0.1, -0.05) is 65.4 Å². The molecule has 3 heteroatoms. The van der Waals surface area contributed by atoms with Gasteiger partial charge in [-0.3, -0.25) is 0 Å². The molecule has 2 rings (SSSR count). The maximum absolute atomic E-state index is 12.7. The molecular formula is C28H44O3. The number of allylic oxidation sites excluding steroid dienone is 1. The summed E-state index contributed by atoms with van der Waals surface area (Å²) in [6, 6.07) is 7.44. The van der Waals surface area contributed by atoms with Crippen molar-refractivity contribution >= 4 is 5.97 Å². The molecule has 1 aliphatic rings. The number of rotatable bonds is 14. The van der Waals surface area contributed by atoms with Gasteiger partial charge in [0.25, 0.3) is 0 Å². The van der Waals surface area contributed by atoms with Crippen LogP contribution in [0.15, 0.2) is 36.9 Å². The van der Waals surface area contributed by atoms with Crippen LogP contribution < -0.4 is 4.74 Å². The van der Waals surface area contributed by atoms with Gasteiger partial charge < -0.3 is 9.47 Å². The molecule has 174 valence electrons. The summed E-state index contributed by atoms with van der Waals surface area (Å²) < 4.78 is 11.8. The zero-order valence-corrected chi connectivity index (χ0v) is 20.1. The molecule has 0 saturated heterocycles. The number of hydrogen-bond acceptors (Lipinski definition) is 3. The lowest BCUT2D eigenvalue weighted by molar-refractivity contribution is -0.0174. The van der Waals surface area contributed by atoms with Crippen LogP contribution >= 0.6 is 0 Å². The van der Waals surface area contributed by atoms with Gasteiger partial charge in [-0.25, -0.2) is 4.79 Å². The second-order valence-corrected chi connectivity index (χ2v) is 9.69. The lowest BCUT2D eigenvalue weighted by Crippen LogP contribution is -2.35. The molecule has 0 N–H and O–H groups in total. The van der Waals surface area contributed by atoms with Crippen molar-refractivity contribution in [3.05, 3.63) is 42.5 Å². The van der Waals surface area contributed by atoms with Crippen molar-refractivity contribution < 1.29 is 14.3 Å². The van der Waals surface area contributed by atoms with E-state index in [2.05, 4.69) is 27.4 Å². The number of benzene rings is 1. The van der Waals surface area contributed by atoms with Crippen molar-refractivity contribution in [2.75, 3.05) is 6.61 Å². The minimum atomic E-state index is -0.204. The van der Waals surface area contributed by atoms with Crippen LogP contribution in [0.3, 0.4) is 0 Å². The maximum atomic E-state index is 12.7. The third kappa shape index (κ3) is 9.49. The van der Waals surface area contributed by atoms with Gasteiger partial charge in [0.1, 0.15) is 11.9 Å². The summed E-state index contributed by atoms with van der Waals surface area (Å²) >= 11 is 0. The highest BCUT2D eigenvalue weighted by molar-refractivity contribution is 5.89. The standard InChI is InChI=1S/C28H44O3/c1-5-6-7-8-9-10-11-12-13-20-30-25-17-15-24(16-18-25)28(29)31-27-21-23(4)14-19-26(27)22(2)3/h5,15-18,22-23,26-27H,1,6-14,19-21H2,2-4H3. The molecule has 1 aromatic carbocycles. The van der Waals surface area contributed by atoms with Gasteiger partial charge in [0.2, 0.25) is 0 Å². The van der Waals surface area contributed by atoms with Crippen molar-refractivity contribution in [3.8, 4) is 5.75 Å². The summed E-state index contributed by atoms with van der Waals surface area (Å²) in [5, 5.41) is 0. The SMILES string of the molecule is C=CCCCCCCCCCOc1ccc(C(=O)OC2CC(C)CCC2C(C)C)cc1. The highest BCUT2D eigenvalue weighted by Gasteiger charge is 2.33. The summed E-state index contributed by atoms with van der Waals surface area (Å²) in [5.74, 6) is 2.26. The average Bonchev–Trinajstić information content (AvgIpc) is 2.75. The Hall–Kier alpha value is -1.77. The highest BCUT2D eigenvalue weighted by Crippen LogP contribution is 2.35. The Kier molecular flexibility index (Phi) is 11.8. The third-order valence-corrected chi connectivity index (χ3v) is 6.63. The van der Waals surface area contributed by atoms with E-state index in [9.17, 15) is 4.79 Å². The van der Waals surface area contributed by atoms with Gasteiger partial charge in [0.05, 0.1) is 12.2 Å². The van der Waals surface area contributed by atoms with E-state index < -0.39 is 0 Å². The predicted octanol–water partition coefficient (Wildman–Crippen LogP) is 7.99. The van der Waals surface area contributed by atoms with E-state index in [4.69, 9.17) is 9.47 Å². The van der Waals surface area contributed by atoms with Crippen molar-refractivity contribution in [1.29, 1.82) is 0 Å². The average molecular weight is 429 g/mol. The largest absolute Gasteiger partial charge is 0.494 e. The second kappa shape index (κ2) is 14.3. The molecule has 1 fully saturated rings. The van der Waals surface area contributed by atoms with Gasteiger partial charge >= 0.3 is 5.97 Å². The molecule has 0 amide bonds. The Balaban J connectivity index is 1.66. The molecule has 0 heterocycles. The third-order valence-electron chi connectivity index (χ3n) is 6.63. The fourth-order valence-corrected chi connectivity index (χ4v) is 4.61. The topological polar surface area (TPSA) is 35.5 Å². The molecule has 3 atom stereocenters. The number of esters is 1. The molecule has 31 heavy (non-hydrogen) atoms. The smallest absolute Gasteiger partial charge is 0.338 e. The first-order chi connectivity index (χ1) is 15.0. The molecule has 1 aliphatic carbocycles. The maximum Gasteiger partial charge on any atom is 0.338 e. The van der Waals surface area contributed by atoms with Gasteiger partial charge in [-0.15, -0.1) is 6.58 Å². The minimum absolute atomic E-state index is 0.0363. The number of ether oxygens (including phenoxy) is 2. The lowest BCUT2D eigenvalue weighted by atomic mass is 9.75. The minimum Gasteiger partial charge on any atom is -0.494 e. The zero-order chi connectivity index (χ0) is 22.5. The van der Waals surface area contributed by atoms with E-state index in [1.54, 1.807) is 0 Å². The molecule has 0 aromatic heterocycles. The molecule has 0 bridgehead atoms. The predicted molar refractivity (Wildman–Crippen MR) is 130 cm³/mol. The zero-order valence-electron chi connectivity index (χ0n) is 20.1. The number of carbonyl (C=O) groups excluding carboxylic acids is 1. The monoisotopic (exact) mass is 428 g/mol. The Bertz CT molecular complexity index is 634. The van der Waals surface area contributed by atoms with Gasteiger partial charge in [0.15, 0.2) is 0 Å². The van der Waals surface area contributed by atoms with Crippen LogP contribution in [0.1, 0.15) is 102 Å². The number of unbranched alkanes of at least 4 members (excludes halogenated alkanes) is 7. The molecule has 3 unspecified atom stereocenters. The molecular weight excluding hydrogens is 384 g/mol. The van der Waals surface area contributed by atoms with E-state index >= 15 is 0 Å². The number of hydrogen-bond donors (Lipinski definition) is 0. The lowest BCUT2D eigenvalue weighted by Gasteiger charge is -2.36. The molecule has 0 aliphatic heterocycles. The fourth-order valence-electron chi connectivity index (χ4n) is 4.61. The van der Waals surface area contributed by atoms with E-state index in [-0.39, 0.29) is 12.1 Å². The quantitative estimate of drug-likeness (QED) is 0.171. The summed E-state index contributed by atoms with van der Waals surface area (Å²) in [5.41, 5.74) is 0.615. The van der Waals surface area contributed by atoms with Crippen molar-refractivity contribution in [1.82, 2.24) is 0 Å². The van der Waals surface area contributed by atoms with E-state index in [0.717, 1.165) is 38.0 Å². The Morgan fingerprint density at radius 1 is 1.03 bits per heavy atom. The molecule has 0 radical (unpaired) electrons. The Morgan fingerprint density at radius 3 is 2.32 bits per heavy atom. The van der Waals surface area contributed by atoms with Gasteiger partial charge in [-0.05, 0) is 74.1 Å². The summed E-state index contributed by atoms with van der Waals surface area (Å²) in [6.07, 6.45) is 15.3. The molecule has 0 spiro atoms. The van der Waals surface area contributed by atoms with Gasteiger partial charge in [-0.2, -0.15) is 0 Å². The van der Waals surface area contributed by atoms with Crippen LogP contribution in [-0.4, -0.2) is 18.7 Å². The molecule has 1 saturated carbocycles. The summed E-state index contributed by atoms with van der Waals surface area (Å²) in [4.78, 5) is 12.7. The first kappa shape index (κ1) is 25.5. The van der Waals surface area contributed by atoms with E-state index in [0.29, 0.717) is 23.3 Å².